The number of hydrogen-bond acceptors (Lipinski definition) is 1. The van der Waals surface area contributed by atoms with E-state index >= 15 is 0 Å². The van der Waals surface area contributed by atoms with Gasteiger partial charge < -0.3 is 5.32 Å². The van der Waals surface area contributed by atoms with Crippen LogP contribution in [0.3, 0.4) is 0 Å². The van der Waals surface area contributed by atoms with E-state index in [2.05, 4.69) is 5.32 Å². The van der Waals surface area contributed by atoms with Crippen LogP contribution < -0.4 is 5.32 Å². The van der Waals surface area contributed by atoms with Crippen molar-refractivity contribution in [1.29, 1.82) is 0 Å². The molecular formula is C6H12ClNO. The quantitative estimate of drug-likeness (QED) is 0.584. The molecular weight excluding hydrogens is 138 g/mol. The summed E-state index contributed by atoms with van der Waals surface area (Å²) in [7, 11) is 1.61. The fraction of sp³-hybridized carbons (Fsp3) is 0.833. The number of carbonyl (C=O) groups excluding carboxylic acids is 1. The molecule has 3 heteroatoms. The summed E-state index contributed by atoms with van der Waals surface area (Å²) in [5, 5.41) is 2.53. The van der Waals surface area contributed by atoms with Crippen LogP contribution in [0, 0.1) is 5.41 Å². The van der Waals surface area contributed by atoms with E-state index in [0.717, 1.165) is 0 Å². The van der Waals surface area contributed by atoms with Crippen molar-refractivity contribution in [2.45, 2.75) is 13.8 Å². The van der Waals surface area contributed by atoms with Crippen LogP contribution in [0.5, 0.6) is 0 Å². The largest absolute Gasteiger partial charge is 0.359 e. The number of alkyl halides is 1. The summed E-state index contributed by atoms with van der Waals surface area (Å²) in [6, 6.07) is 0. The Morgan fingerprint density at radius 3 is 2.22 bits per heavy atom. The zero-order valence-electron chi connectivity index (χ0n) is 5.99. The van der Waals surface area contributed by atoms with Gasteiger partial charge in [-0.05, 0) is 13.8 Å². The highest BCUT2D eigenvalue weighted by Gasteiger charge is 2.24. The van der Waals surface area contributed by atoms with Crippen LogP contribution >= 0.6 is 11.6 Å². The molecule has 0 aliphatic rings. The molecule has 0 aromatic heterocycles. The molecule has 0 bridgehead atoms. The molecule has 9 heavy (non-hydrogen) atoms. The molecule has 0 aliphatic heterocycles. The Hall–Kier alpha value is -0.240. The zero-order chi connectivity index (χ0) is 7.49. The average molecular weight is 150 g/mol. The van der Waals surface area contributed by atoms with Crippen molar-refractivity contribution >= 4 is 17.5 Å². The number of halogens is 1. The average Bonchev–Trinajstić information content (AvgIpc) is 1.86. The van der Waals surface area contributed by atoms with Crippen molar-refractivity contribution in [3.8, 4) is 0 Å². The van der Waals surface area contributed by atoms with Crippen LogP contribution in [-0.2, 0) is 4.79 Å². The molecule has 0 aromatic rings. The molecule has 0 aromatic carbocycles. The summed E-state index contributed by atoms with van der Waals surface area (Å²) >= 11 is 5.51. The van der Waals surface area contributed by atoms with E-state index < -0.39 is 5.41 Å². The lowest BCUT2D eigenvalue weighted by Gasteiger charge is -2.17. The topological polar surface area (TPSA) is 29.1 Å². The number of carbonyl (C=O) groups is 1. The van der Waals surface area contributed by atoms with Crippen LogP contribution in [0.2, 0.25) is 0 Å². The summed E-state index contributed by atoms with van der Waals surface area (Å²) < 4.78 is 0. The second-order valence-corrected chi connectivity index (χ2v) is 2.86. The maximum atomic E-state index is 10.9. The van der Waals surface area contributed by atoms with Gasteiger partial charge in [0.05, 0.1) is 5.41 Å². The lowest BCUT2D eigenvalue weighted by atomic mass is 9.95. The molecule has 0 aliphatic carbocycles. The van der Waals surface area contributed by atoms with E-state index in [9.17, 15) is 4.79 Å². The number of nitrogens with one attached hydrogen (secondary N) is 1. The van der Waals surface area contributed by atoms with Crippen LogP contribution in [0.15, 0.2) is 0 Å². The molecule has 0 unspecified atom stereocenters. The predicted octanol–water partition coefficient (Wildman–Crippen LogP) is 0.997. The zero-order valence-corrected chi connectivity index (χ0v) is 6.75. The number of rotatable bonds is 2. The molecule has 0 saturated carbocycles. The van der Waals surface area contributed by atoms with Crippen molar-refractivity contribution in [1.82, 2.24) is 5.32 Å². The van der Waals surface area contributed by atoms with Gasteiger partial charge in [-0.1, -0.05) is 0 Å². The van der Waals surface area contributed by atoms with E-state index in [1.165, 1.54) is 0 Å². The minimum absolute atomic E-state index is 0.0162. The molecule has 0 spiro atoms. The van der Waals surface area contributed by atoms with Gasteiger partial charge in [0.15, 0.2) is 0 Å². The Labute approximate surface area is 60.6 Å². The van der Waals surface area contributed by atoms with Gasteiger partial charge in [0.25, 0.3) is 0 Å². The van der Waals surface area contributed by atoms with E-state index in [0.29, 0.717) is 5.88 Å². The molecule has 0 heterocycles. The van der Waals surface area contributed by atoms with Crippen LogP contribution in [-0.4, -0.2) is 18.8 Å². The van der Waals surface area contributed by atoms with Gasteiger partial charge in [-0.15, -0.1) is 11.6 Å². The SMILES string of the molecule is CNC(=O)C(C)(C)CCl. The normalized spacial score (nSPS) is 11.1. The van der Waals surface area contributed by atoms with Crippen LogP contribution in [0.25, 0.3) is 0 Å². The van der Waals surface area contributed by atoms with Crippen molar-refractivity contribution < 1.29 is 4.79 Å². The van der Waals surface area contributed by atoms with Gasteiger partial charge in [0.1, 0.15) is 0 Å². The van der Waals surface area contributed by atoms with Gasteiger partial charge in [-0.3, -0.25) is 4.79 Å². The molecule has 0 rings (SSSR count). The fourth-order valence-electron chi connectivity index (χ4n) is 0.399. The molecule has 0 fully saturated rings. The van der Waals surface area contributed by atoms with E-state index in [-0.39, 0.29) is 5.91 Å². The second kappa shape index (κ2) is 3.06. The predicted molar refractivity (Wildman–Crippen MR) is 38.6 cm³/mol. The summed E-state index contributed by atoms with van der Waals surface area (Å²) in [5.41, 5.74) is -0.434. The van der Waals surface area contributed by atoms with Gasteiger partial charge in [0.2, 0.25) is 5.91 Å². The van der Waals surface area contributed by atoms with Crippen molar-refractivity contribution in [3.05, 3.63) is 0 Å². The highest BCUT2D eigenvalue weighted by atomic mass is 35.5. The first kappa shape index (κ1) is 8.76. The van der Waals surface area contributed by atoms with Crippen LogP contribution in [0.1, 0.15) is 13.8 Å². The number of hydrogen-bond donors (Lipinski definition) is 1. The van der Waals surface area contributed by atoms with E-state index in [1.807, 2.05) is 0 Å². The Morgan fingerprint density at radius 1 is 1.67 bits per heavy atom. The Balaban J connectivity index is 3.97. The Bertz CT molecular complexity index is 112. The third kappa shape index (κ3) is 2.22. The van der Waals surface area contributed by atoms with Crippen molar-refractivity contribution in [3.63, 3.8) is 0 Å². The Kier molecular flexibility index (Phi) is 2.98. The van der Waals surface area contributed by atoms with E-state index in [4.69, 9.17) is 11.6 Å². The highest BCUT2D eigenvalue weighted by Crippen LogP contribution is 2.15. The molecule has 1 N–H and O–H groups in total. The molecule has 2 nitrogen and oxygen atoms in total. The minimum atomic E-state index is -0.434. The molecule has 0 saturated heterocycles. The highest BCUT2D eigenvalue weighted by molar-refractivity contribution is 6.19. The lowest BCUT2D eigenvalue weighted by molar-refractivity contribution is -0.127. The fourth-order valence-corrected chi connectivity index (χ4v) is 0.520. The third-order valence-electron chi connectivity index (χ3n) is 1.18. The third-order valence-corrected chi connectivity index (χ3v) is 1.84. The summed E-state index contributed by atoms with van der Waals surface area (Å²) in [5.74, 6) is 0.338. The second-order valence-electron chi connectivity index (χ2n) is 2.60. The number of amides is 1. The molecule has 1 amide bonds. The van der Waals surface area contributed by atoms with Gasteiger partial charge in [-0.2, -0.15) is 0 Å². The molecule has 0 radical (unpaired) electrons. The van der Waals surface area contributed by atoms with Gasteiger partial charge >= 0.3 is 0 Å². The van der Waals surface area contributed by atoms with Gasteiger partial charge in [-0.25, -0.2) is 0 Å². The smallest absolute Gasteiger partial charge is 0.226 e. The minimum Gasteiger partial charge on any atom is -0.359 e. The van der Waals surface area contributed by atoms with E-state index in [1.54, 1.807) is 20.9 Å². The maximum absolute atomic E-state index is 10.9. The van der Waals surface area contributed by atoms with Crippen molar-refractivity contribution in [2.75, 3.05) is 12.9 Å². The van der Waals surface area contributed by atoms with Gasteiger partial charge in [0, 0.05) is 12.9 Å². The monoisotopic (exact) mass is 149 g/mol. The first-order valence-corrected chi connectivity index (χ1v) is 3.36. The Morgan fingerprint density at radius 2 is 2.11 bits per heavy atom. The maximum Gasteiger partial charge on any atom is 0.226 e. The van der Waals surface area contributed by atoms with Crippen molar-refractivity contribution in [2.24, 2.45) is 5.41 Å². The molecule has 54 valence electrons. The molecule has 0 atom stereocenters. The standard InChI is InChI=1S/C6H12ClNO/c1-6(2,4-7)5(9)8-3/h4H2,1-3H3,(H,8,9). The lowest BCUT2D eigenvalue weighted by Crippen LogP contribution is -2.35. The van der Waals surface area contributed by atoms with Crippen LogP contribution in [0.4, 0.5) is 0 Å². The summed E-state index contributed by atoms with van der Waals surface area (Å²) in [4.78, 5) is 10.9. The summed E-state index contributed by atoms with van der Waals surface area (Å²) in [6.45, 7) is 3.61. The first-order valence-electron chi connectivity index (χ1n) is 2.82. The first-order chi connectivity index (χ1) is 4.04. The summed E-state index contributed by atoms with van der Waals surface area (Å²) in [6.07, 6.45) is 0.